The fourth-order valence-electron chi connectivity index (χ4n) is 6.95. The van der Waals surface area contributed by atoms with E-state index < -0.39 is 5.92 Å². The number of benzene rings is 1. The van der Waals surface area contributed by atoms with Gasteiger partial charge in [0, 0.05) is 36.3 Å². The van der Waals surface area contributed by atoms with E-state index in [0.29, 0.717) is 58.0 Å². The number of amidine groups is 1. The molecule has 0 unspecified atom stereocenters. The first kappa shape index (κ1) is 24.1. The van der Waals surface area contributed by atoms with Gasteiger partial charge in [-0.15, -0.1) is 0 Å². The largest absolute Gasteiger partial charge is 0.493 e. The van der Waals surface area contributed by atoms with E-state index in [2.05, 4.69) is 15.9 Å². The van der Waals surface area contributed by atoms with Gasteiger partial charge in [0.25, 0.3) is 0 Å². The second-order valence-corrected chi connectivity index (χ2v) is 11.5. The second-order valence-electron chi connectivity index (χ2n) is 10.5. The van der Waals surface area contributed by atoms with Crippen LogP contribution in [0, 0.1) is 11.3 Å². The minimum Gasteiger partial charge on any atom is -0.493 e. The number of rotatable bonds is 4. The van der Waals surface area contributed by atoms with Gasteiger partial charge in [0.1, 0.15) is 10.8 Å². The molecule has 2 N–H and O–H groups in total. The van der Waals surface area contributed by atoms with E-state index in [-0.39, 0.29) is 5.78 Å². The molecule has 10 heteroatoms. The van der Waals surface area contributed by atoms with Crippen LogP contribution in [0.25, 0.3) is 0 Å². The average Bonchev–Trinajstić information content (AvgIpc) is 3.40. The summed E-state index contributed by atoms with van der Waals surface area (Å²) in [4.78, 5) is 23.1. The van der Waals surface area contributed by atoms with E-state index in [0.717, 1.165) is 55.0 Å². The van der Waals surface area contributed by atoms with Gasteiger partial charge in [0.2, 0.25) is 5.75 Å². The molecule has 2 aromatic rings. The Labute approximate surface area is 230 Å². The van der Waals surface area contributed by atoms with Crippen LogP contribution in [0.3, 0.4) is 0 Å². The molecular weight excluding hydrogens is 514 g/mol. The quantitative estimate of drug-likeness (QED) is 0.598. The summed E-state index contributed by atoms with van der Waals surface area (Å²) >= 11 is 1.72. The number of piperidine rings is 1. The maximum absolute atomic E-state index is 13.7. The minimum absolute atomic E-state index is 0.0519. The number of thiophene rings is 1. The number of nitrogens with two attached hydrogens (primary N) is 1. The molecule has 6 heterocycles. The third kappa shape index (κ3) is 3.23. The molecule has 0 radical (unpaired) electrons. The molecule has 1 aromatic heterocycles. The fraction of sp³-hybridized carbons (Fsp3) is 0.414. The van der Waals surface area contributed by atoms with E-state index >= 15 is 0 Å². The van der Waals surface area contributed by atoms with Gasteiger partial charge in [0.15, 0.2) is 23.1 Å². The lowest BCUT2D eigenvalue weighted by atomic mass is 9.75. The zero-order valence-electron chi connectivity index (χ0n) is 22.2. The zero-order chi connectivity index (χ0) is 27.0. The van der Waals surface area contributed by atoms with Crippen molar-refractivity contribution in [2.24, 2.45) is 10.7 Å². The molecule has 0 spiro atoms. The monoisotopic (exact) mass is 543 g/mol. The average molecular weight is 544 g/mol. The highest BCUT2D eigenvalue weighted by Gasteiger charge is 2.47. The summed E-state index contributed by atoms with van der Waals surface area (Å²) in [5, 5.41) is 12.9. The molecule has 6 aliphatic rings. The number of allylic oxidation sites excluding steroid dienone is 3. The van der Waals surface area contributed by atoms with Crippen LogP contribution in [0.2, 0.25) is 0 Å². The Morgan fingerprint density at radius 3 is 2.44 bits per heavy atom. The number of ketones is 1. The normalized spacial score (nSPS) is 21.6. The highest BCUT2D eigenvalue weighted by molar-refractivity contribution is 7.21. The number of nitrogens with zero attached hydrogens (tertiary/aromatic N) is 4. The Morgan fingerprint density at radius 2 is 1.79 bits per heavy atom. The van der Waals surface area contributed by atoms with Gasteiger partial charge in [-0.05, 0) is 49.3 Å². The third-order valence-corrected chi connectivity index (χ3v) is 9.90. The van der Waals surface area contributed by atoms with E-state index in [9.17, 15) is 10.1 Å². The number of methoxy groups -OCH3 is 3. The standard InChI is InChI=1S/C29H29N5O4S/c1-36-19-11-15(12-20(37-2)25(19)38-3)21-16(13-30)27-32-26(31)24-22-14-7-9-33(10-8-14)28(22)39-29(24)34(27)17-5-4-6-18(35)23(17)21/h11-12,14,21H,4-10H2,1-3H3,(H2,31,32)/t21-/m1/s1. The summed E-state index contributed by atoms with van der Waals surface area (Å²) in [6.07, 6.45) is 4.14. The van der Waals surface area contributed by atoms with E-state index in [1.807, 2.05) is 12.1 Å². The smallest absolute Gasteiger partial charge is 0.203 e. The topological polar surface area (TPSA) is 113 Å². The summed E-state index contributed by atoms with van der Waals surface area (Å²) < 4.78 is 16.8. The lowest BCUT2D eigenvalue weighted by Gasteiger charge is -2.41. The SMILES string of the molecule is COc1cc([C@@H]2C(C#N)=C3N=C(N)c4c(sc5c4C4CCN5CC4)N3C3=C2C(=O)CCC3)cc(OC)c1OC. The van der Waals surface area contributed by atoms with Crippen LogP contribution < -0.4 is 29.7 Å². The van der Waals surface area contributed by atoms with Gasteiger partial charge >= 0.3 is 0 Å². The van der Waals surface area contributed by atoms with Gasteiger partial charge in [-0.25, -0.2) is 4.99 Å². The lowest BCUT2D eigenvalue weighted by molar-refractivity contribution is -0.116. The molecule has 2 bridgehead atoms. The number of carbonyl (C=O) groups excluding carboxylic acids is 1. The first-order valence-corrected chi connectivity index (χ1v) is 14.1. The molecule has 9 nitrogen and oxygen atoms in total. The van der Waals surface area contributed by atoms with Crippen LogP contribution in [-0.2, 0) is 4.79 Å². The molecule has 8 rings (SSSR count). The fourth-order valence-corrected chi connectivity index (χ4v) is 8.43. The molecule has 0 saturated carbocycles. The maximum atomic E-state index is 13.7. The predicted molar refractivity (Wildman–Crippen MR) is 149 cm³/mol. The molecular formula is C29H29N5O4S. The van der Waals surface area contributed by atoms with Gasteiger partial charge in [-0.2, -0.15) is 5.26 Å². The van der Waals surface area contributed by atoms with Crippen molar-refractivity contribution in [1.82, 2.24) is 0 Å². The Balaban J connectivity index is 1.49. The maximum Gasteiger partial charge on any atom is 0.203 e. The van der Waals surface area contributed by atoms with Crippen LogP contribution in [0.15, 0.2) is 39.8 Å². The van der Waals surface area contributed by atoms with Gasteiger partial charge < -0.3 is 24.8 Å². The minimum atomic E-state index is -0.620. The Hall–Kier alpha value is -3.97. The number of Topliss-reactive ketones (excluding diaryl/α,β-unsaturated/α-hetero) is 1. The predicted octanol–water partition coefficient (Wildman–Crippen LogP) is 4.54. The van der Waals surface area contributed by atoms with Crippen molar-refractivity contribution in [3.8, 4) is 23.3 Å². The summed E-state index contributed by atoms with van der Waals surface area (Å²) in [7, 11) is 4.66. The third-order valence-electron chi connectivity index (χ3n) is 8.65. The molecule has 1 atom stereocenters. The van der Waals surface area contributed by atoms with Crippen molar-refractivity contribution < 1.29 is 19.0 Å². The van der Waals surface area contributed by atoms with Crippen LogP contribution in [-0.4, -0.2) is 46.0 Å². The molecule has 0 amide bonds. The van der Waals surface area contributed by atoms with E-state index in [4.69, 9.17) is 24.9 Å². The Morgan fingerprint density at radius 1 is 1.08 bits per heavy atom. The van der Waals surface area contributed by atoms with Gasteiger partial charge in [-0.1, -0.05) is 11.3 Å². The Kier molecular flexibility index (Phi) is 5.42. The summed E-state index contributed by atoms with van der Waals surface area (Å²) in [5.41, 5.74) is 11.7. The summed E-state index contributed by atoms with van der Waals surface area (Å²) in [6, 6.07) is 6.07. The number of nitriles is 1. The number of hydrogen-bond donors (Lipinski definition) is 1. The number of aliphatic imine (C=N–C) groups is 1. The molecule has 1 fully saturated rings. The Bertz CT molecular complexity index is 1550. The number of fused-ring (bicyclic) bond motifs is 6. The van der Waals surface area contributed by atoms with Crippen molar-refractivity contribution >= 4 is 33.0 Å². The first-order valence-electron chi connectivity index (χ1n) is 13.3. The first-order chi connectivity index (χ1) is 19.0. The summed E-state index contributed by atoms with van der Waals surface area (Å²) in [5.74, 6) is 2.24. The number of anilines is 2. The molecule has 5 aliphatic heterocycles. The number of hydrogen-bond acceptors (Lipinski definition) is 10. The molecule has 1 aliphatic carbocycles. The van der Waals surface area contributed by atoms with Gasteiger partial charge in [0.05, 0.1) is 49.5 Å². The highest BCUT2D eigenvalue weighted by atomic mass is 32.1. The number of carbonyl (C=O) groups is 1. The van der Waals surface area contributed by atoms with Crippen molar-refractivity contribution in [2.75, 3.05) is 44.2 Å². The zero-order valence-corrected chi connectivity index (χ0v) is 23.0. The van der Waals surface area contributed by atoms with Crippen molar-refractivity contribution in [3.05, 3.63) is 51.5 Å². The molecule has 1 saturated heterocycles. The van der Waals surface area contributed by atoms with Gasteiger partial charge in [-0.3, -0.25) is 9.69 Å². The molecule has 200 valence electrons. The van der Waals surface area contributed by atoms with Crippen molar-refractivity contribution in [1.29, 1.82) is 5.26 Å². The molecule has 1 aromatic carbocycles. The van der Waals surface area contributed by atoms with Crippen LogP contribution in [0.4, 0.5) is 10.0 Å². The van der Waals surface area contributed by atoms with Crippen molar-refractivity contribution in [3.63, 3.8) is 0 Å². The summed E-state index contributed by atoms with van der Waals surface area (Å²) in [6.45, 7) is 2.10. The van der Waals surface area contributed by atoms with Crippen LogP contribution >= 0.6 is 11.3 Å². The lowest BCUT2D eigenvalue weighted by Crippen LogP contribution is -2.40. The van der Waals surface area contributed by atoms with E-state index in [1.54, 1.807) is 32.7 Å². The highest BCUT2D eigenvalue weighted by Crippen LogP contribution is 2.58. The van der Waals surface area contributed by atoms with Crippen LogP contribution in [0.5, 0.6) is 17.2 Å². The molecule has 39 heavy (non-hydrogen) atoms. The number of ether oxygens (including phenoxy) is 3. The van der Waals surface area contributed by atoms with Crippen molar-refractivity contribution in [2.45, 2.75) is 43.9 Å². The van der Waals surface area contributed by atoms with Crippen LogP contribution in [0.1, 0.15) is 60.6 Å². The van der Waals surface area contributed by atoms with E-state index in [1.165, 1.54) is 10.6 Å². The second kappa shape index (κ2) is 8.78.